The Labute approximate surface area is 123 Å². The standard InChI is InChI=1S/C13H21N5O3/c14-13-11(18(19)20)2-3-12(17-13)16-6-1-9-21-10-4-7-15-8-5-10/h2-3,10,15H,1,4-9H2,(H3,14,16,17). The maximum absolute atomic E-state index is 10.6. The Hall–Kier alpha value is -1.93. The highest BCUT2D eigenvalue weighted by atomic mass is 16.6. The number of nitrogens with zero attached hydrogens (tertiary/aromatic N) is 2. The van der Waals surface area contributed by atoms with Gasteiger partial charge in [-0.2, -0.15) is 0 Å². The summed E-state index contributed by atoms with van der Waals surface area (Å²) in [4.78, 5) is 14.0. The normalized spacial score (nSPS) is 15.8. The molecule has 8 nitrogen and oxygen atoms in total. The highest BCUT2D eigenvalue weighted by molar-refractivity contribution is 5.57. The molecule has 1 aliphatic rings. The highest BCUT2D eigenvalue weighted by Gasteiger charge is 2.13. The number of anilines is 2. The maximum Gasteiger partial charge on any atom is 0.311 e. The van der Waals surface area contributed by atoms with E-state index >= 15 is 0 Å². The fraction of sp³-hybridized carbons (Fsp3) is 0.615. The summed E-state index contributed by atoms with van der Waals surface area (Å²) in [6.45, 7) is 3.43. The van der Waals surface area contributed by atoms with Crippen molar-refractivity contribution in [3.05, 3.63) is 22.2 Å². The lowest BCUT2D eigenvalue weighted by atomic mass is 10.1. The summed E-state index contributed by atoms with van der Waals surface area (Å²) in [7, 11) is 0. The first-order valence-electron chi connectivity index (χ1n) is 7.14. The van der Waals surface area contributed by atoms with Gasteiger partial charge >= 0.3 is 5.69 Å². The number of ether oxygens (including phenoxy) is 1. The first kappa shape index (κ1) is 15.5. The number of hydrogen-bond acceptors (Lipinski definition) is 7. The average molecular weight is 295 g/mol. The van der Waals surface area contributed by atoms with Crippen LogP contribution in [-0.4, -0.2) is 42.3 Å². The summed E-state index contributed by atoms with van der Waals surface area (Å²) in [6.07, 6.45) is 3.34. The predicted octanol–water partition coefficient (Wildman–Crippen LogP) is 1.14. The third-order valence-electron chi connectivity index (χ3n) is 3.37. The average Bonchev–Trinajstić information content (AvgIpc) is 2.47. The number of nitrogens with two attached hydrogens (primary N) is 1. The van der Waals surface area contributed by atoms with Gasteiger partial charge in [0.1, 0.15) is 5.82 Å². The molecule has 1 aliphatic heterocycles. The number of hydrogen-bond donors (Lipinski definition) is 3. The van der Waals surface area contributed by atoms with Gasteiger partial charge in [0.2, 0.25) is 5.82 Å². The van der Waals surface area contributed by atoms with E-state index in [2.05, 4.69) is 15.6 Å². The second-order valence-corrected chi connectivity index (χ2v) is 4.96. The number of nitrogen functional groups attached to an aromatic ring is 1. The van der Waals surface area contributed by atoms with Crippen molar-refractivity contribution in [2.75, 3.05) is 37.3 Å². The van der Waals surface area contributed by atoms with Gasteiger partial charge in [0, 0.05) is 19.2 Å². The molecule has 1 aromatic rings. The van der Waals surface area contributed by atoms with Gasteiger partial charge in [-0.1, -0.05) is 0 Å². The van der Waals surface area contributed by atoms with Gasteiger partial charge in [0.05, 0.1) is 11.0 Å². The number of pyridine rings is 1. The van der Waals surface area contributed by atoms with Crippen LogP contribution in [0.3, 0.4) is 0 Å². The van der Waals surface area contributed by atoms with Crippen molar-refractivity contribution in [1.29, 1.82) is 0 Å². The molecular formula is C13H21N5O3. The lowest BCUT2D eigenvalue weighted by Gasteiger charge is -2.22. The smallest absolute Gasteiger partial charge is 0.311 e. The Morgan fingerprint density at radius 1 is 1.48 bits per heavy atom. The summed E-state index contributed by atoms with van der Waals surface area (Å²) < 4.78 is 5.78. The lowest BCUT2D eigenvalue weighted by molar-refractivity contribution is -0.384. The zero-order valence-corrected chi connectivity index (χ0v) is 11.9. The second kappa shape index (κ2) is 7.75. The summed E-state index contributed by atoms with van der Waals surface area (Å²) >= 11 is 0. The monoisotopic (exact) mass is 295 g/mol. The van der Waals surface area contributed by atoms with Crippen molar-refractivity contribution in [2.24, 2.45) is 0 Å². The SMILES string of the molecule is Nc1nc(NCCCOC2CCNCC2)ccc1[N+](=O)[O-]. The predicted molar refractivity (Wildman–Crippen MR) is 80.3 cm³/mol. The summed E-state index contributed by atoms with van der Waals surface area (Å²) in [6, 6.07) is 2.92. The molecule has 1 aromatic heterocycles. The van der Waals surface area contributed by atoms with Crippen LogP contribution in [0, 0.1) is 10.1 Å². The molecule has 1 fully saturated rings. The largest absolute Gasteiger partial charge is 0.378 e. The first-order valence-corrected chi connectivity index (χ1v) is 7.14. The Morgan fingerprint density at radius 3 is 2.90 bits per heavy atom. The third kappa shape index (κ3) is 4.83. The van der Waals surface area contributed by atoms with Gasteiger partial charge in [-0.25, -0.2) is 4.98 Å². The van der Waals surface area contributed by atoms with Crippen molar-refractivity contribution >= 4 is 17.3 Å². The molecule has 0 radical (unpaired) electrons. The van der Waals surface area contributed by atoms with E-state index in [1.165, 1.54) is 6.07 Å². The number of piperidine rings is 1. The Balaban J connectivity index is 1.66. The lowest BCUT2D eigenvalue weighted by Crippen LogP contribution is -2.32. The van der Waals surface area contributed by atoms with Gasteiger partial charge in [-0.15, -0.1) is 0 Å². The minimum atomic E-state index is -0.543. The molecule has 0 amide bonds. The molecule has 8 heteroatoms. The van der Waals surface area contributed by atoms with Crippen LogP contribution in [0.2, 0.25) is 0 Å². The molecule has 0 unspecified atom stereocenters. The summed E-state index contributed by atoms with van der Waals surface area (Å²) in [5.74, 6) is 0.468. The van der Waals surface area contributed by atoms with E-state index in [0.29, 0.717) is 25.1 Å². The van der Waals surface area contributed by atoms with Crippen LogP contribution in [0.15, 0.2) is 12.1 Å². The van der Waals surface area contributed by atoms with E-state index in [1.54, 1.807) is 6.07 Å². The Bertz CT molecular complexity index is 477. The fourth-order valence-electron chi connectivity index (χ4n) is 2.22. The van der Waals surface area contributed by atoms with Gasteiger partial charge in [0.25, 0.3) is 0 Å². The van der Waals surface area contributed by atoms with Crippen molar-refractivity contribution in [1.82, 2.24) is 10.3 Å². The third-order valence-corrected chi connectivity index (χ3v) is 3.37. The molecule has 0 aromatic carbocycles. The number of aromatic nitrogens is 1. The van der Waals surface area contributed by atoms with E-state index < -0.39 is 4.92 Å². The van der Waals surface area contributed by atoms with Crippen molar-refractivity contribution in [2.45, 2.75) is 25.4 Å². The molecule has 116 valence electrons. The van der Waals surface area contributed by atoms with E-state index in [-0.39, 0.29) is 11.5 Å². The van der Waals surface area contributed by atoms with E-state index in [9.17, 15) is 10.1 Å². The topological polar surface area (TPSA) is 115 Å². The molecule has 0 spiro atoms. The van der Waals surface area contributed by atoms with Gasteiger partial charge in [0.15, 0.2) is 0 Å². The summed E-state index contributed by atoms with van der Waals surface area (Å²) in [5.41, 5.74) is 5.36. The zero-order chi connectivity index (χ0) is 15.1. The van der Waals surface area contributed by atoms with E-state index in [4.69, 9.17) is 10.5 Å². The minimum Gasteiger partial charge on any atom is -0.378 e. The molecule has 2 rings (SSSR count). The summed E-state index contributed by atoms with van der Waals surface area (Å²) in [5, 5.41) is 17.0. The van der Waals surface area contributed by atoms with Crippen molar-refractivity contribution < 1.29 is 9.66 Å². The number of nitrogens with one attached hydrogen (secondary N) is 2. The molecule has 0 bridgehead atoms. The van der Waals surface area contributed by atoms with Crippen LogP contribution in [0.1, 0.15) is 19.3 Å². The molecule has 21 heavy (non-hydrogen) atoms. The fourth-order valence-corrected chi connectivity index (χ4v) is 2.22. The Kier molecular flexibility index (Phi) is 5.70. The Morgan fingerprint density at radius 2 is 2.24 bits per heavy atom. The van der Waals surface area contributed by atoms with Gasteiger partial charge < -0.3 is 21.1 Å². The number of nitro groups is 1. The minimum absolute atomic E-state index is 0.0732. The highest BCUT2D eigenvalue weighted by Crippen LogP contribution is 2.20. The quantitative estimate of drug-likeness (QED) is 0.392. The second-order valence-electron chi connectivity index (χ2n) is 4.96. The maximum atomic E-state index is 10.6. The molecule has 1 saturated heterocycles. The molecule has 4 N–H and O–H groups in total. The molecule has 2 heterocycles. The molecular weight excluding hydrogens is 274 g/mol. The van der Waals surface area contributed by atoms with Crippen LogP contribution >= 0.6 is 0 Å². The van der Waals surface area contributed by atoms with Gasteiger partial charge in [-0.3, -0.25) is 10.1 Å². The molecule has 0 saturated carbocycles. The van der Waals surface area contributed by atoms with E-state index in [1.807, 2.05) is 0 Å². The number of rotatable bonds is 7. The van der Waals surface area contributed by atoms with Crippen molar-refractivity contribution in [3.8, 4) is 0 Å². The van der Waals surface area contributed by atoms with Crippen LogP contribution in [-0.2, 0) is 4.74 Å². The van der Waals surface area contributed by atoms with Crippen molar-refractivity contribution in [3.63, 3.8) is 0 Å². The zero-order valence-electron chi connectivity index (χ0n) is 11.9. The van der Waals surface area contributed by atoms with Crippen LogP contribution in [0.4, 0.5) is 17.3 Å². The van der Waals surface area contributed by atoms with Crippen LogP contribution in [0.25, 0.3) is 0 Å². The molecule has 0 atom stereocenters. The van der Waals surface area contributed by atoms with E-state index in [0.717, 1.165) is 32.4 Å². The van der Waals surface area contributed by atoms with Crippen LogP contribution < -0.4 is 16.4 Å². The van der Waals surface area contributed by atoms with Gasteiger partial charge in [-0.05, 0) is 38.4 Å². The molecule has 0 aliphatic carbocycles. The van der Waals surface area contributed by atoms with Crippen LogP contribution in [0.5, 0.6) is 0 Å². The first-order chi connectivity index (χ1) is 10.2.